The first-order valence-corrected chi connectivity index (χ1v) is 13.3. The maximum absolute atomic E-state index is 6.14. The van der Waals surface area contributed by atoms with Crippen molar-refractivity contribution in [3.8, 4) is 11.5 Å². The maximum atomic E-state index is 6.14. The van der Waals surface area contributed by atoms with Crippen molar-refractivity contribution in [1.82, 2.24) is 9.80 Å². The lowest BCUT2D eigenvalue weighted by Gasteiger charge is -2.37. The third kappa shape index (κ3) is 4.79. The Bertz CT molecular complexity index is 885. The van der Waals surface area contributed by atoms with Crippen LogP contribution in [0.15, 0.2) is 36.4 Å². The highest BCUT2D eigenvalue weighted by molar-refractivity contribution is 5.43. The molecule has 4 aliphatic rings. The molecule has 6 rings (SSSR count). The number of nitrogens with zero attached hydrogens (tertiary/aromatic N) is 2. The second-order valence-electron chi connectivity index (χ2n) is 10.7. The van der Waals surface area contributed by atoms with Crippen LogP contribution in [0.3, 0.4) is 0 Å². The minimum absolute atomic E-state index is 0.698. The summed E-state index contributed by atoms with van der Waals surface area (Å²) < 4.78 is 12.3. The summed E-state index contributed by atoms with van der Waals surface area (Å²) in [5, 5.41) is 0. The van der Waals surface area contributed by atoms with Crippen molar-refractivity contribution in [3.63, 3.8) is 0 Å². The lowest BCUT2D eigenvalue weighted by molar-refractivity contribution is 0.0403. The molecule has 0 N–H and O–H groups in total. The normalized spacial score (nSPS) is 22.8. The van der Waals surface area contributed by atoms with Crippen molar-refractivity contribution in [1.29, 1.82) is 0 Å². The highest BCUT2D eigenvalue weighted by Gasteiger charge is 2.27. The van der Waals surface area contributed by atoms with Crippen molar-refractivity contribution < 1.29 is 9.47 Å². The smallest absolute Gasteiger partial charge is 0.142 e. The molecular weight excluding hydrogens is 408 g/mol. The molecule has 0 bridgehead atoms. The highest BCUT2D eigenvalue weighted by atomic mass is 16.5. The molecule has 2 aromatic rings. The van der Waals surface area contributed by atoms with Crippen LogP contribution in [0.5, 0.6) is 11.5 Å². The van der Waals surface area contributed by atoms with Crippen LogP contribution in [0.25, 0.3) is 0 Å². The molecule has 4 nitrogen and oxygen atoms in total. The summed E-state index contributed by atoms with van der Waals surface area (Å²) in [6.07, 6.45) is 14.5. The standard InChI is InChI=1S/C29H38N2O2/c1-3-7-26(8-4-1)30-18-24-16-22(11-13-28(24)32-20-30)15-23-12-14-29-25(17-23)19-31(21-33-29)27-9-5-2-6-10-27/h11-14,16-17,26-27H,1-10,15,18-21H2. The van der Waals surface area contributed by atoms with E-state index in [0.29, 0.717) is 12.1 Å². The lowest BCUT2D eigenvalue weighted by atomic mass is 9.93. The minimum Gasteiger partial charge on any atom is -0.478 e. The summed E-state index contributed by atoms with van der Waals surface area (Å²) in [5.74, 6) is 2.15. The molecule has 2 heterocycles. The molecule has 4 heteroatoms. The molecule has 0 amide bonds. The molecule has 0 saturated heterocycles. The van der Waals surface area contributed by atoms with Gasteiger partial charge < -0.3 is 9.47 Å². The van der Waals surface area contributed by atoms with Gasteiger partial charge in [0.05, 0.1) is 0 Å². The summed E-state index contributed by atoms with van der Waals surface area (Å²) >= 11 is 0. The molecule has 0 radical (unpaired) electrons. The first kappa shape index (κ1) is 21.5. The van der Waals surface area contributed by atoms with Gasteiger partial charge in [0, 0.05) is 36.3 Å². The van der Waals surface area contributed by atoms with Crippen molar-refractivity contribution >= 4 is 0 Å². The van der Waals surface area contributed by atoms with Gasteiger partial charge in [0.25, 0.3) is 0 Å². The van der Waals surface area contributed by atoms with Crippen molar-refractivity contribution in [2.24, 2.45) is 0 Å². The highest BCUT2D eigenvalue weighted by Crippen LogP contribution is 2.33. The van der Waals surface area contributed by atoms with Gasteiger partial charge in [-0.1, -0.05) is 62.8 Å². The number of benzene rings is 2. The molecule has 2 fully saturated rings. The summed E-state index contributed by atoms with van der Waals surface area (Å²) in [6, 6.07) is 15.0. The Morgan fingerprint density at radius 2 is 1.06 bits per heavy atom. The average molecular weight is 447 g/mol. The fraction of sp³-hybridized carbons (Fsp3) is 0.586. The molecule has 2 aromatic carbocycles. The Morgan fingerprint density at radius 3 is 1.52 bits per heavy atom. The Hall–Kier alpha value is -2.04. The van der Waals surface area contributed by atoms with Gasteiger partial charge in [-0.15, -0.1) is 0 Å². The van der Waals surface area contributed by atoms with E-state index >= 15 is 0 Å². The lowest BCUT2D eigenvalue weighted by Crippen LogP contribution is -2.41. The Kier molecular flexibility index (Phi) is 6.30. The number of hydrogen-bond donors (Lipinski definition) is 0. The van der Waals surface area contributed by atoms with E-state index in [0.717, 1.165) is 44.5 Å². The molecule has 2 aliphatic carbocycles. The van der Waals surface area contributed by atoms with E-state index in [-0.39, 0.29) is 0 Å². The average Bonchev–Trinajstić information content (AvgIpc) is 2.89. The molecule has 33 heavy (non-hydrogen) atoms. The van der Waals surface area contributed by atoms with Gasteiger partial charge in [-0.3, -0.25) is 9.80 Å². The Morgan fingerprint density at radius 1 is 0.606 bits per heavy atom. The van der Waals surface area contributed by atoms with Crippen molar-refractivity contribution in [2.75, 3.05) is 13.5 Å². The largest absolute Gasteiger partial charge is 0.478 e. The molecular formula is C29H38N2O2. The van der Waals surface area contributed by atoms with Crippen molar-refractivity contribution in [2.45, 2.75) is 95.8 Å². The van der Waals surface area contributed by atoms with Crippen LogP contribution in [-0.4, -0.2) is 35.3 Å². The second kappa shape index (κ2) is 9.68. The van der Waals surface area contributed by atoms with Gasteiger partial charge in [-0.25, -0.2) is 0 Å². The molecule has 0 unspecified atom stereocenters. The van der Waals surface area contributed by atoms with E-state index in [1.165, 1.54) is 86.5 Å². The van der Waals surface area contributed by atoms with Gasteiger partial charge in [0.15, 0.2) is 0 Å². The predicted molar refractivity (Wildman–Crippen MR) is 132 cm³/mol. The first-order valence-electron chi connectivity index (χ1n) is 13.3. The monoisotopic (exact) mass is 446 g/mol. The van der Waals surface area contributed by atoms with E-state index in [4.69, 9.17) is 9.47 Å². The number of ether oxygens (including phenoxy) is 2. The van der Waals surface area contributed by atoms with E-state index in [2.05, 4.69) is 46.2 Å². The molecule has 2 saturated carbocycles. The fourth-order valence-corrected chi connectivity index (χ4v) is 6.45. The molecule has 0 spiro atoms. The molecule has 176 valence electrons. The Labute approximate surface area is 198 Å². The van der Waals surface area contributed by atoms with Crippen LogP contribution < -0.4 is 9.47 Å². The van der Waals surface area contributed by atoms with E-state index in [1.54, 1.807) is 0 Å². The Balaban J connectivity index is 1.14. The van der Waals surface area contributed by atoms with Crippen LogP contribution >= 0.6 is 0 Å². The van der Waals surface area contributed by atoms with Crippen LogP contribution in [0.2, 0.25) is 0 Å². The first-order chi connectivity index (χ1) is 16.3. The van der Waals surface area contributed by atoms with E-state index < -0.39 is 0 Å². The third-order valence-corrected chi connectivity index (χ3v) is 8.36. The minimum atomic E-state index is 0.698. The van der Waals surface area contributed by atoms with E-state index in [9.17, 15) is 0 Å². The number of hydrogen-bond acceptors (Lipinski definition) is 4. The topological polar surface area (TPSA) is 24.9 Å². The van der Waals surface area contributed by atoms with E-state index in [1.807, 2.05) is 0 Å². The quantitative estimate of drug-likeness (QED) is 0.554. The van der Waals surface area contributed by atoms with Crippen LogP contribution in [0, 0.1) is 0 Å². The van der Waals surface area contributed by atoms with Crippen LogP contribution in [-0.2, 0) is 19.5 Å². The van der Waals surface area contributed by atoms with Gasteiger partial charge in [-0.05, 0) is 55.4 Å². The maximum Gasteiger partial charge on any atom is 0.142 e. The van der Waals surface area contributed by atoms with Crippen LogP contribution in [0.4, 0.5) is 0 Å². The van der Waals surface area contributed by atoms with Crippen molar-refractivity contribution in [3.05, 3.63) is 58.7 Å². The number of fused-ring (bicyclic) bond motifs is 2. The van der Waals surface area contributed by atoms with Crippen LogP contribution in [0.1, 0.15) is 86.5 Å². The van der Waals surface area contributed by atoms with Gasteiger partial charge in [0.1, 0.15) is 25.0 Å². The zero-order valence-electron chi connectivity index (χ0n) is 19.9. The van der Waals surface area contributed by atoms with Gasteiger partial charge in [-0.2, -0.15) is 0 Å². The molecule has 0 aromatic heterocycles. The van der Waals surface area contributed by atoms with Gasteiger partial charge >= 0.3 is 0 Å². The fourth-order valence-electron chi connectivity index (χ4n) is 6.45. The zero-order chi connectivity index (χ0) is 22.0. The zero-order valence-corrected chi connectivity index (χ0v) is 19.9. The number of rotatable bonds is 4. The summed E-state index contributed by atoms with van der Waals surface area (Å²) in [7, 11) is 0. The second-order valence-corrected chi connectivity index (χ2v) is 10.7. The van der Waals surface area contributed by atoms with Gasteiger partial charge in [0.2, 0.25) is 0 Å². The molecule has 0 atom stereocenters. The molecule has 2 aliphatic heterocycles. The summed E-state index contributed by atoms with van der Waals surface area (Å²) in [6.45, 7) is 3.56. The predicted octanol–water partition coefficient (Wildman–Crippen LogP) is 6.25. The third-order valence-electron chi connectivity index (χ3n) is 8.36. The SMILES string of the molecule is c1cc2c(cc1Cc1ccc3c(c1)CN(C1CCCCC1)CO3)CN(C1CCCCC1)CO2. The summed E-state index contributed by atoms with van der Waals surface area (Å²) in [5.41, 5.74) is 5.47. The summed E-state index contributed by atoms with van der Waals surface area (Å²) in [4.78, 5) is 5.11.